The van der Waals surface area contributed by atoms with Gasteiger partial charge < -0.3 is 4.74 Å². The molecule has 0 aromatic heterocycles. The van der Waals surface area contributed by atoms with Crippen LogP contribution >= 0.6 is 0 Å². The van der Waals surface area contributed by atoms with Gasteiger partial charge in [0, 0.05) is 5.56 Å². The Kier molecular flexibility index (Phi) is 4.92. The summed E-state index contributed by atoms with van der Waals surface area (Å²) >= 11 is 0. The smallest absolute Gasteiger partial charge is 0.338 e. The van der Waals surface area contributed by atoms with Crippen molar-refractivity contribution in [1.82, 2.24) is 0 Å². The van der Waals surface area contributed by atoms with Crippen molar-refractivity contribution >= 4 is 15.8 Å². The Balaban J connectivity index is 2.27. The van der Waals surface area contributed by atoms with Gasteiger partial charge in [0.15, 0.2) is 0 Å². The molecule has 1 unspecified atom stereocenters. The van der Waals surface area contributed by atoms with E-state index in [4.69, 9.17) is 4.74 Å². The first-order valence-corrected chi connectivity index (χ1v) is 8.21. The molecule has 0 saturated heterocycles. The van der Waals surface area contributed by atoms with Crippen LogP contribution < -0.4 is 0 Å². The number of halogens is 1. The Morgan fingerprint density at radius 2 is 1.68 bits per heavy atom. The molecule has 0 fully saturated rings. The van der Waals surface area contributed by atoms with Crippen LogP contribution in [-0.2, 0) is 14.6 Å². The summed E-state index contributed by atoms with van der Waals surface area (Å²) in [4.78, 5) is 11.4. The third-order valence-electron chi connectivity index (χ3n) is 3.03. The molecule has 0 aliphatic carbocycles. The van der Waals surface area contributed by atoms with E-state index < -0.39 is 21.3 Å². The summed E-state index contributed by atoms with van der Waals surface area (Å²) in [6.45, 7) is 1.91. The number of ether oxygens (including phenoxy) is 1. The Bertz CT molecular complexity index is 739. The lowest BCUT2D eigenvalue weighted by Gasteiger charge is -2.11. The Hall–Kier alpha value is -2.21. The predicted octanol–water partition coefficient (Wildman–Crippen LogP) is 3.31. The fourth-order valence-electron chi connectivity index (χ4n) is 1.89. The molecule has 2 aromatic rings. The molecule has 0 saturated carbocycles. The van der Waals surface area contributed by atoms with Gasteiger partial charge in [-0.2, -0.15) is 0 Å². The van der Waals surface area contributed by atoms with Crippen molar-refractivity contribution in [3.8, 4) is 0 Å². The van der Waals surface area contributed by atoms with Gasteiger partial charge in [0.2, 0.25) is 15.3 Å². The third kappa shape index (κ3) is 3.33. The van der Waals surface area contributed by atoms with Crippen LogP contribution in [0.1, 0.15) is 28.3 Å². The number of hydrogen-bond donors (Lipinski definition) is 0. The van der Waals surface area contributed by atoms with Gasteiger partial charge in [-0.3, -0.25) is 0 Å². The zero-order valence-corrected chi connectivity index (χ0v) is 12.7. The maximum Gasteiger partial charge on any atom is 0.338 e. The second-order valence-electron chi connectivity index (χ2n) is 4.52. The summed E-state index contributed by atoms with van der Waals surface area (Å²) in [5, 5.41) is 0. The highest BCUT2D eigenvalue weighted by atomic mass is 32.2. The first-order valence-electron chi connectivity index (χ1n) is 6.67. The number of rotatable bonds is 5. The van der Waals surface area contributed by atoms with Gasteiger partial charge in [0.25, 0.3) is 0 Å². The molecule has 0 N–H and O–H groups in total. The third-order valence-corrected chi connectivity index (χ3v) is 4.77. The SMILES string of the molecule is CCOC(=O)c1ccc(C(F)S(=O)(=O)c2ccccc2)cc1. The molecule has 0 spiro atoms. The lowest BCUT2D eigenvalue weighted by atomic mass is 10.1. The minimum Gasteiger partial charge on any atom is -0.462 e. The van der Waals surface area contributed by atoms with Gasteiger partial charge in [-0.1, -0.05) is 30.3 Å². The molecule has 0 aliphatic heterocycles. The lowest BCUT2D eigenvalue weighted by molar-refractivity contribution is 0.0526. The normalized spacial score (nSPS) is 12.6. The number of esters is 1. The standard InChI is InChI=1S/C16H15FO4S/c1-2-21-16(18)13-10-8-12(9-11-13)15(17)22(19,20)14-6-4-3-5-7-14/h3-11,15H,2H2,1H3. The number of benzene rings is 2. The van der Waals surface area contributed by atoms with Gasteiger partial charge in [-0.25, -0.2) is 17.6 Å². The van der Waals surface area contributed by atoms with Crippen LogP contribution in [0, 0.1) is 0 Å². The monoisotopic (exact) mass is 322 g/mol. The first-order chi connectivity index (χ1) is 10.5. The predicted molar refractivity (Wildman–Crippen MR) is 79.9 cm³/mol. The van der Waals surface area contributed by atoms with E-state index >= 15 is 0 Å². The lowest BCUT2D eigenvalue weighted by Crippen LogP contribution is -2.10. The van der Waals surface area contributed by atoms with E-state index in [-0.39, 0.29) is 22.6 Å². The maximum absolute atomic E-state index is 14.4. The summed E-state index contributed by atoms with van der Waals surface area (Å²) < 4.78 is 43.6. The number of alkyl halides is 1. The van der Waals surface area contributed by atoms with Gasteiger partial charge >= 0.3 is 5.97 Å². The van der Waals surface area contributed by atoms with E-state index in [1.165, 1.54) is 48.5 Å². The van der Waals surface area contributed by atoms with E-state index in [9.17, 15) is 17.6 Å². The van der Waals surface area contributed by atoms with E-state index in [0.717, 1.165) is 0 Å². The van der Waals surface area contributed by atoms with Crippen molar-refractivity contribution in [3.63, 3.8) is 0 Å². The van der Waals surface area contributed by atoms with Crippen LogP contribution in [0.15, 0.2) is 59.5 Å². The fraction of sp³-hybridized carbons (Fsp3) is 0.188. The average Bonchev–Trinajstić information content (AvgIpc) is 2.55. The van der Waals surface area contributed by atoms with Crippen molar-refractivity contribution in [2.24, 2.45) is 0 Å². The minimum absolute atomic E-state index is 0.0306. The van der Waals surface area contributed by atoms with E-state index in [1.807, 2.05) is 0 Å². The van der Waals surface area contributed by atoms with Gasteiger partial charge in [-0.05, 0) is 31.2 Å². The summed E-state index contributed by atoms with van der Waals surface area (Å²) in [7, 11) is -4.12. The molecule has 0 heterocycles. The molecular weight excluding hydrogens is 307 g/mol. The molecule has 2 rings (SSSR count). The van der Waals surface area contributed by atoms with Crippen LogP contribution in [0.4, 0.5) is 4.39 Å². The highest BCUT2D eigenvalue weighted by molar-refractivity contribution is 7.91. The second kappa shape index (κ2) is 6.70. The van der Waals surface area contributed by atoms with Gasteiger partial charge in [0.1, 0.15) is 0 Å². The molecule has 1 atom stereocenters. The van der Waals surface area contributed by atoms with Gasteiger partial charge in [-0.15, -0.1) is 0 Å². The number of sulfone groups is 1. The van der Waals surface area contributed by atoms with Gasteiger partial charge in [0.05, 0.1) is 17.1 Å². The van der Waals surface area contributed by atoms with Crippen molar-refractivity contribution in [2.75, 3.05) is 6.61 Å². The van der Waals surface area contributed by atoms with Crippen LogP contribution in [0.2, 0.25) is 0 Å². The number of carbonyl (C=O) groups excluding carboxylic acids is 1. The Morgan fingerprint density at radius 1 is 1.09 bits per heavy atom. The molecule has 6 heteroatoms. The molecule has 4 nitrogen and oxygen atoms in total. The Morgan fingerprint density at radius 3 is 2.23 bits per heavy atom. The number of carbonyl (C=O) groups is 1. The van der Waals surface area contributed by atoms with Crippen LogP contribution in [0.25, 0.3) is 0 Å². The van der Waals surface area contributed by atoms with Crippen LogP contribution in [0.3, 0.4) is 0 Å². The van der Waals surface area contributed by atoms with Crippen LogP contribution in [0.5, 0.6) is 0 Å². The Labute approximate surface area is 128 Å². The van der Waals surface area contributed by atoms with Crippen molar-refractivity contribution in [3.05, 3.63) is 65.7 Å². The summed E-state index contributed by atoms with van der Waals surface area (Å²) in [5.74, 6) is -0.532. The largest absolute Gasteiger partial charge is 0.462 e. The fourth-order valence-corrected chi connectivity index (χ4v) is 3.18. The molecule has 0 amide bonds. The highest BCUT2D eigenvalue weighted by Crippen LogP contribution is 2.30. The summed E-state index contributed by atoms with van der Waals surface area (Å²) in [6, 6.07) is 12.6. The van der Waals surface area contributed by atoms with E-state index in [1.54, 1.807) is 13.0 Å². The van der Waals surface area contributed by atoms with E-state index in [0.29, 0.717) is 0 Å². The summed E-state index contributed by atoms with van der Waals surface area (Å²) in [5.41, 5.74) is -1.97. The molecule has 2 aromatic carbocycles. The molecule has 0 aliphatic rings. The quantitative estimate of drug-likeness (QED) is 0.792. The summed E-state index contributed by atoms with van der Waals surface area (Å²) in [6.07, 6.45) is 0. The van der Waals surface area contributed by atoms with E-state index in [2.05, 4.69) is 0 Å². The number of hydrogen-bond acceptors (Lipinski definition) is 4. The van der Waals surface area contributed by atoms with Crippen LogP contribution in [-0.4, -0.2) is 21.0 Å². The maximum atomic E-state index is 14.4. The molecule has 22 heavy (non-hydrogen) atoms. The average molecular weight is 322 g/mol. The molecule has 0 bridgehead atoms. The molecule has 116 valence electrons. The zero-order chi connectivity index (χ0) is 16.2. The minimum atomic E-state index is -4.12. The van der Waals surface area contributed by atoms with Crippen molar-refractivity contribution < 1.29 is 22.3 Å². The molecular formula is C16H15FO4S. The topological polar surface area (TPSA) is 60.4 Å². The first kappa shape index (κ1) is 16.2. The zero-order valence-electron chi connectivity index (χ0n) is 11.9. The molecule has 0 radical (unpaired) electrons. The second-order valence-corrected chi connectivity index (χ2v) is 6.49. The highest BCUT2D eigenvalue weighted by Gasteiger charge is 2.28. The van der Waals surface area contributed by atoms with Crippen molar-refractivity contribution in [1.29, 1.82) is 0 Å². The van der Waals surface area contributed by atoms with Crippen molar-refractivity contribution in [2.45, 2.75) is 17.3 Å².